The molecule has 0 aliphatic carbocycles. The Hall–Kier alpha value is -1.13. The molecule has 4 heteroatoms. The van der Waals surface area contributed by atoms with Crippen LogP contribution in [-0.4, -0.2) is 20.3 Å². The number of nitrogens with two attached hydrogens (primary N) is 1. The fourth-order valence-corrected chi connectivity index (χ4v) is 2.06. The number of ether oxygens (including phenoxy) is 2. The molecule has 2 N–H and O–H groups in total. The van der Waals surface area contributed by atoms with Crippen molar-refractivity contribution in [2.45, 2.75) is 18.4 Å². The van der Waals surface area contributed by atoms with Gasteiger partial charge in [-0.25, -0.2) is 4.39 Å². The summed E-state index contributed by atoms with van der Waals surface area (Å²) in [5, 5.41) is 0. The maximum absolute atomic E-state index is 13.9. The van der Waals surface area contributed by atoms with Gasteiger partial charge in [0, 0.05) is 18.2 Å². The summed E-state index contributed by atoms with van der Waals surface area (Å²) < 4.78 is 24.1. The number of rotatable bonds is 2. The lowest BCUT2D eigenvalue weighted by Crippen LogP contribution is -2.45. The summed E-state index contributed by atoms with van der Waals surface area (Å²) in [6, 6.07) is 4.77. The molecule has 0 saturated carbocycles. The predicted molar refractivity (Wildman–Crippen MR) is 58.9 cm³/mol. The van der Waals surface area contributed by atoms with Crippen LogP contribution in [0.15, 0.2) is 18.2 Å². The Labute approximate surface area is 94.3 Å². The minimum atomic E-state index is -0.700. The molecule has 3 nitrogen and oxygen atoms in total. The maximum atomic E-state index is 13.9. The zero-order valence-electron chi connectivity index (χ0n) is 9.33. The van der Waals surface area contributed by atoms with Crippen molar-refractivity contribution in [2.24, 2.45) is 5.73 Å². The summed E-state index contributed by atoms with van der Waals surface area (Å²) in [5.74, 6) is 0.175. The lowest BCUT2D eigenvalue weighted by atomic mass is 9.85. The van der Waals surface area contributed by atoms with E-state index in [1.165, 1.54) is 13.2 Å². The molecule has 16 heavy (non-hydrogen) atoms. The number of methoxy groups -OCH3 is 1. The summed E-state index contributed by atoms with van der Waals surface area (Å²) in [7, 11) is 1.51. The van der Waals surface area contributed by atoms with Gasteiger partial charge in [0.05, 0.1) is 19.3 Å². The van der Waals surface area contributed by atoms with Gasteiger partial charge in [-0.1, -0.05) is 6.07 Å². The molecule has 1 aliphatic rings. The van der Waals surface area contributed by atoms with Crippen LogP contribution < -0.4 is 10.5 Å². The van der Waals surface area contributed by atoms with E-state index in [2.05, 4.69) is 0 Å². The Morgan fingerprint density at radius 1 is 1.50 bits per heavy atom. The molecule has 0 bridgehead atoms. The van der Waals surface area contributed by atoms with E-state index in [1.54, 1.807) is 12.1 Å². The molecule has 2 rings (SSSR count). The van der Waals surface area contributed by atoms with Crippen molar-refractivity contribution < 1.29 is 13.9 Å². The van der Waals surface area contributed by atoms with Crippen molar-refractivity contribution in [1.82, 2.24) is 0 Å². The Kier molecular flexibility index (Phi) is 3.12. The van der Waals surface area contributed by atoms with Crippen molar-refractivity contribution in [3.63, 3.8) is 0 Å². The molecule has 0 spiro atoms. The molecule has 1 aromatic rings. The molecule has 0 radical (unpaired) electrons. The van der Waals surface area contributed by atoms with E-state index in [0.29, 0.717) is 24.5 Å². The summed E-state index contributed by atoms with van der Waals surface area (Å²) >= 11 is 0. The summed E-state index contributed by atoms with van der Waals surface area (Å²) in [6.07, 6.45) is 1.61. The van der Waals surface area contributed by atoms with Gasteiger partial charge < -0.3 is 15.2 Å². The third kappa shape index (κ3) is 2.03. The van der Waals surface area contributed by atoms with Crippen LogP contribution in [0.25, 0.3) is 0 Å². The molecule has 1 heterocycles. The highest BCUT2D eigenvalue weighted by Gasteiger charge is 2.32. The highest BCUT2D eigenvalue weighted by atomic mass is 19.1. The average molecular weight is 225 g/mol. The van der Waals surface area contributed by atoms with Crippen LogP contribution >= 0.6 is 0 Å². The van der Waals surface area contributed by atoms with Gasteiger partial charge in [0.1, 0.15) is 11.6 Å². The summed E-state index contributed by atoms with van der Waals surface area (Å²) in [6.45, 7) is 1.08. The molecule has 1 fully saturated rings. The Morgan fingerprint density at radius 2 is 2.31 bits per heavy atom. The first kappa shape index (κ1) is 11.4. The first-order valence-electron chi connectivity index (χ1n) is 5.36. The molecule has 1 atom stereocenters. The minimum Gasteiger partial charge on any atom is -0.497 e. The van der Waals surface area contributed by atoms with E-state index < -0.39 is 5.54 Å². The van der Waals surface area contributed by atoms with Crippen LogP contribution in [0.1, 0.15) is 18.4 Å². The lowest BCUT2D eigenvalue weighted by Gasteiger charge is -2.33. The van der Waals surface area contributed by atoms with Crippen molar-refractivity contribution in [2.75, 3.05) is 20.3 Å². The van der Waals surface area contributed by atoms with Crippen molar-refractivity contribution >= 4 is 0 Å². The molecular formula is C12H16FNO2. The second kappa shape index (κ2) is 4.39. The van der Waals surface area contributed by atoms with Gasteiger partial charge in [0.15, 0.2) is 0 Å². The second-order valence-corrected chi connectivity index (χ2v) is 4.16. The fourth-order valence-electron chi connectivity index (χ4n) is 2.06. The Balaban J connectivity index is 2.32. The van der Waals surface area contributed by atoms with Crippen LogP contribution in [-0.2, 0) is 10.3 Å². The van der Waals surface area contributed by atoms with Crippen LogP contribution in [0.3, 0.4) is 0 Å². The average Bonchev–Trinajstić information content (AvgIpc) is 2.29. The molecule has 0 amide bonds. The summed E-state index contributed by atoms with van der Waals surface area (Å²) in [4.78, 5) is 0. The third-order valence-corrected chi connectivity index (χ3v) is 2.98. The van der Waals surface area contributed by atoms with Crippen molar-refractivity contribution in [1.29, 1.82) is 0 Å². The van der Waals surface area contributed by atoms with Gasteiger partial charge in [-0.15, -0.1) is 0 Å². The zero-order chi connectivity index (χ0) is 11.6. The van der Waals surface area contributed by atoms with E-state index in [9.17, 15) is 4.39 Å². The third-order valence-electron chi connectivity index (χ3n) is 2.98. The van der Waals surface area contributed by atoms with Gasteiger partial charge in [-0.05, 0) is 18.9 Å². The van der Waals surface area contributed by atoms with Gasteiger partial charge >= 0.3 is 0 Å². The smallest absolute Gasteiger partial charge is 0.132 e. The number of hydrogen-bond acceptors (Lipinski definition) is 3. The van der Waals surface area contributed by atoms with E-state index in [-0.39, 0.29) is 5.82 Å². The largest absolute Gasteiger partial charge is 0.497 e. The SMILES string of the molecule is COc1ccc(C2(N)CCCOC2)c(F)c1. The Bertz CT molecular complexity index is 375. The molecular weight excluding hydrogens is 209 g/mol. The van der Waals surface area contributed by atoms with Gasteiger partial charge in [-0.2, -0.15) is 0 Å². The van der Waals surface area contributed by atoms with E-state index >= 15 is 0 Å². The zero-order valence-corrected chi connectivity index (χ0v) is 9.33. The number of benzene rings is 1. The van der Waals surface area contributed by atoms with Crippen LogP contribution in [0.2, 0.25) is 0 Å². The topological polar surface area (TPSA) is 44.5 Å². The molecule has 1 aliphatic heterocycles. The predicted octanol–water partition coefficient (Wildman–Crippen LogP) is 1.80. The van der Waals surface area contributed by atoms with Crippen molar-refractivity contribution in [3.8, 4) is 5.75 Å². The van der Waals surface area contributed by atoms with E-state index in [4.69, 9.17) is 15.2 Å². The number of hydrogen-bond donors (Lipinski definition) is 1. The van der Waals surface area contributed by atoms with Gasteiger partial charge in [0.25, 0.3) is 0 Å². The van der Waals surface area contributed by atoms with E-state index in [1.807, 2.05) is 0 Å². The quantitative estimate of drug-likeness (QED) is 0.834. The van der Waals surface area contributed by atoms with Crippen molar-refractivity contribution in [3.05, 3.63) is 29.6 Å². The monoisotopic (exact) mass is 225 g/mol. The normalized spacial score (nSPS) is 25.4. The van der Waals surface area contributed by atoms with Crippen LogP contribution in [0.5, 0.6) is 5.75 Å². The highest BCUT2D eigenvalue weighted by Crippen LogP contribution is 2.31. The van der Waals surface area contributed by atoms with E-state index in [0.717, 1.165) is 12.8 Å². The standard InChI is InChI=1S/C12H16FNO2/c1-15-9-3-4-10(11(13)7-9)12(14)5-2-6-16-8-12/h3-4,7H,2,5-6,8,14H2,1H3. The summed E-state index contributed by atoms with van der Waals surface area (Å²) in [5.41, 5.74) is 5.97. The molecule has 88 valence electrons. The first-order valence-corrected chi connectivity index (χ1v) is 5.36. The molecule has 1 unspecified atom stereocenters. The van der Waals surface area contributed by atoms with Crippen LogP contribution in [0.4, 0.5) is 4.39 Å². The van der Waals surface area contributed by atoms with Gasteiger partial charge in [-0.3, -0.25) is 0 Å². The minimum absolute atomic E-state index is 0.327. The maximum Gasteiger partial charge on any atom is 0.132 e. The second-order valence-electron chi connectivity index (χ2n) is 4.16. The Morgan fingerprint density at radius 3 is 2.88 bits per heavy atom. The molecule has 1 aromatic carbocycles. The molecule has 0 aromatic heterocycles. The lowest BCUT2D eigenvalue weighted by molar-refractivity contribution is 0.0352. The van der Waals surface area contributed by atoms with Crippen LogP contribution in [0, 0.1) is 5.82 Å². The van der Waals surface area contributed by atoms with Gasteiger partial charge in [0.2, 0.25) is 0 Å². The molecule has 1 saturated heterocycles. The first-order chi connectivity index (χ1) is 7.65. The number of halogens is 1. The highest BCUT2D eigenvalue weighted by molar-refractivity contribution is 5.33. The fraction of sp³-hybridized carbons (Fsp3) is 0.500.